The molecule has 10 heteroatoms. The van der Waals surface area contributed by atoms with Crippen LogP contribution in [0.1, 0.15) is 46.2 Å². The summed E-state index contributed by atoms with van der Waals surface area (Å²) in [4.78, 5) is 29.8. The van der Waals surface area contributed by atoms with E-state index in [4.69, 9.17) is 25.8 Å². The fraction of sp³-hybridized carbons (Fsp3) is 0.640. The minimum absolute atomic E-state index is 0.0327. The first-order valence-electron chi connectivity index (χ1n) is 11.7. The van der Waals surface area contributed by atoms with Gasteiger partial charge >= 0.3 is 5.97 Å². The van der Waals surface area contributed by atoms with Crippen LogP contribution in [0.2, 0.25) is 0 Å². The van der Waals surface area contributed by atoms with Crippen LogP contribution >= 0.6 is 11.6 Å². The predicted octanol–water partition coefficient (Wildman–Crippen LogP) is 3.04. The minimum Gasteiger partial charge on any atom is -0.455 e. The maximum absolute atomic E-state index is 15.2. The summed E-state index contributed by atoms with van der Waals surface area (Å²) in [5, 5.41) is 20.2. The van der Waals surface area contributed by atoms with Crippen LogP contribution in [0.5, 0.6) is 0 Å². The average molecular weight is 514 g/mol. The molecule has 7 atom stereocenters. The summed E-state index contributed by atoms with van der Waals surface area (Å²) in [5.74, 6) is -3.31. The van der Waals surface area contributed by atoms with Crippen LogP contribution in [0.3, 0.4) is 0 Å². The molecule has 0 radical (unpaired) electrons. The monoisotopic (exact) mass is 513 g/mol. The molecule has 0 spiro atoms. The molecule has 35 heavy (non-hydrogen) atoms. The Bertz CT molecular complexity index is 943. The Morgan fingerprint density at radius 2 is 1.97 bits per heavy atom. The molecule has 0 unspecified atom stereocenters. The molecule has 3 heterocycles. The van der Waals surface area contributed by atoms with E-state index in [-0.39, 0.29) is 19.6 Å². The molecular formula is C25H33ClFNO7. The Morgan fingerprint density at radius 3 is 2.63 bits per heavy atom. The number of aliphatic hydroxyl groups excluding tert-OH is 2. The van der Waals surface area contributed by atoms with Crippen LogP contribution in [0, 0.1) is 17.3 Å². The van der Waals surface area contributed by atoms with E-state index in [2.05, 4.69) is 4.98 Å². The highest BCUT2D eigenvalue weighted by atomic mass is 35.5. The van der Waals surface area contributed by atoms with Crippen LogP contribution in [-0.2, 0) is 23.8 Å². The van der Waals surface area contributed by atoms with Crippen LogP contribution in [-0.4, -0.2) is 69.6 Å². The van der Waals surface area contributed by atoms with E-state index in [1.165, 1.54) is 20.0 Å². The Hall–Kier alpha value is -1.91. The number of hydrogen-bond acceptors (Lipinski definition) is 8. The summed E-state index contributed by atoms with van der Waals surface area (Å²) in [7, 11) is 0. The lowest BCUT2D eigenvalue weighted by Gasteiger charge is -2.34. The van der Waals surface area contributed by atoms with Gasteiger partial charge in [0, 0.05) is 24.5 Å². The number of aliphatic hydroxyl groups is 2. The number of aromatic nitrogens is 1. The summed E-state index contributed by atoms with van der Waals surface area (Å²) in [6.07, 6.45) is -2.40. The molecule has 1 aromatic heterocycles. The normalized spacial score (nSPS) is 37.3. The van der Waals surface area contributed by atoms with Gasteiger partial charge in [-0.05, 0) is 18.2 Å². The van der Waals surface area contributed by atoms with Gasteiger partial charge in [0.25, 0.3) is 0 Å². The molecule has 0 amide bonds. The number of rotatable bonds is 2. The predicted molar refractivity (Wildman–Crippen MR) is 126 cm³/mol. The second-order valence-corrected chi connectivity index (χ2v) is 10.6. The first-order chi connectivity index (χ1) is 16.3. The highest BCUT2D eigenvalue weighted by Crippen LogP contribution is 2.45. The standard InChI is InChI=1S/C25H33ClFNO7/c1-14-12-33-13-25(26)20(35-25)10-18(17(27)9-16-7-5-6-8-28-16)34-21(30)11-19(29)24(3,4)23(32)15(2)22(14)31/h5-9,14-15,18-20,22,29,31H,10-13H2,1-4H3/t14-,15+,18-,19-,20-,22-,25+/m0/s1. The van der Waals surface area contributed by atoms with Crippen molar-refractivity contribution in [1.82, 2.24) is 4.98 Å². The number of nitrogens with zero attached hydrogens (tertiary/aromatic N) is 1. The molecule has 0 saturated carbocycles. The maximum Gasteiger partial charge on any atom is 0.309 e. The summed E-state index contributed by atoms with van der Waals surface area (Å²) < 4.78 is 31.7. The molecule has 0 aromatic carbocycles. The van der Waals surface area contributed by atoms with Gasteiger partial charge < -0.3 is 24.4 Å². The average Bonchev–Trinajstić information content (AvgIpc) is 3.45. The zero-order valence-electron chi connectivity index (χ0n) is 20.3. The molecule has 2 saturated heterocycles. The number of fused-ring (bicyclic) bond motifs is 1. The van der Waals surface area contributed by atoms with E-state index < -0.39 is 70.7 Å². The zero-order valence-corrected chi connectivity index (χ0v) is 21.1. The molecule has 2 fully saturated rings. The number of alkyl halides is 1. The lowest BCUT2D eigenvalue weighted by Crippen LogP contribution is -2.46. The quantitative estimate of drug-likeness (QED) is 0.352. The van der Waals surface area contributed by atoms with Gasteiger partial charge in [-0.1, -0.05) is 45.4 Å². The number of cyclic esters (lactones) is 1. The second-order valence-electron chi connectivity index (χ2n) is 9.97. The van der Waals surface area contributed by atoms with Crippen molar-refractivity contribution >= 4 is 29.4 Å². The maximum atomic E-state index is 15.2. The third-order valence-electron chi connectivity index (χ3n) is 6.76. The molecule has 2 N–H and O–H groups in total. The number of ether oxygens (including phenoxy) is 3. The van der Waals surface area contributed by atoms with Crippen LogP contribution in [0.25, 0.3) is 6.08 Å². The van der Waals surface area contributed by atoms with Gasteiger partial charge in [-0.2, -0.15) is 0 Å². The fourth-order valence-electron chi connectivity index (χ4n) is 4.16. The number of ketones is 1. The van der Waals surface area contributed by atoms with Gasteiger partial charge in [0.15, 0.2) is 11.2 Å². The van der Waals surface area contributed by atoms with Gasteiger partial charge in [-0.3, -0.25) is 14.6 Å². The lowest BCUT2D eigenvalue weighted by atomic mass is 9.73. The first kappa shape index (κ1) is 27.7. The van der Waals surface area contributed by atoms with Crippen molar-refractivity contribution in [3.05, 3.63) is 35.9 Å². The van der Waals surface area contributed by atoms with E-state index >= 15 is 4.39 Å². The van der Waals surface area contributed by atoms with Gasteiger partial charge in [-0.25, -0.2) is 4.39 Å². The third-order valence-corrected chi connectivity index (χ3v) is 7.20. The summed E-state index contributed by atoms with van der Waals surface area (Å²) >= 11 is 6.44. The molecule has 0 bridgehead atoms. The van der Waals surface area contributed by atoms with E-state index in [9.17, 15) is 19.8 Å². The van der Waals surface area contributed by atoms with Crippen molar-refractivity contribution in [3.63, 3.8) is 0 Å². The van der Waals surface area contributed by atoms with Gasteiger partial charge in [0.05, 0.1) is 43.0 Å². The van der Waals surface area contributed by atoms with Crippen molar-refractivity contribution in [2.24, 2.45) is 17.3 Å². The van der Waals surface area contributed by atoms with Crippen molar-refractivity contribution in [3.8, 4) is 0 Å². The van der Waals surface area contributed by atoms with Gasteiger partial charge in [0.1, 0.15) is 17.7 Å². The van der Waals surface area contributed by atoms with Crippen LogP contribution in [0.4, 0.5) is 4.39 Å². The molecule has 2 aliphatic heterocycles. The molecule has 3 rings (SSSR count). The number of esters is 1. The number of pyridine rings is 1. The molecule has 1 aromatic rings. The molecule has 0 aliphatic carbocycles. The summed E-state index contributed by atoms with van der Waals surface area (Å²) in [6, 6.07) is 4.97. The number of halogens is 2. The summed E-state index contributed by atoms with van der Waals surface area (Å²) in [5.41, 5.74) is -1.03. The van der Waals surface area contributed by atoms with Crippen LogP contribution in [0.15, 0.2) is 30.2 Å². The molecular weight excluding hydrogens is 481 g/mol. The number of epoxide rings is 1. The van der Waals surface area contributed by atoms with E-state index in [1.54, 1.807) is 32.0 Å². The van der Waals surface area contributed by atoms with Gasteiger partial charge in [-0.15, -0.1) is 0 Å². The smallest absolute Gasteiger partial charge is 0.309 e. The minimum atomic E-state index is -1.41. The van der Waals surface area contributed by atoms with Crippen molar-refractivity contribution in [2.45, 2.75) is 70.0 Å². The Kier molecular flexibility index (Phi) is 8.70. The Morgan fingerprint density at radius 1 is 1.26 bits per heavy atom. The Balaban J connectivity index is 1.86. The molecule has 194 valence electrons. The van der Waals surface area contributed by atoms with E-state index in [1.807, 2.05) is 0 Å². The topological polar surface area (TPSA) is 118 Å². The molecule has 2 aliphatic rings. The first-order valence-corrected chi connectivity index (χ1v) is 12.1. The van der Waals surface area contributed by atoms with E-state index in [0.717, 1.165) is 6.08 Å². The fourth-order valence-corrected chi connectivity index (χ4v) is 4.44. The summed E-state index contributed by atoms with van der Waals surface area (Å²) in [6.45, 7) is 6.38. The largest absolute Gasteiger partial charge is 0.455 e. The highest BCUT2D eigenvalue weighted by molar-refractivity contribution is 6.25. The van der Waals surface area contributed by atoms with Crippen molar-refractivity contribution in [2.75, 3.05) is 13.2 Å². The Labute approximate surface area is 209 Å². The molecule has 8 nitrogen and oxygen atoms in total. The van der Waals surface area contributed by atoms with Crippen molar-refractivity contribution in [1.29, 1.82) is 0 Å². The second kappa shape index (κ2) is 11.0. The van der Waals surface area contributed by atoms with Crippen LogP contribution < -0.4 is 0 Å². The number of Topliss-reactive ketones (excluding diaryl/α,β-unsaturated/α-hetero) is 1. The number of carbonyl (C=O) groups is 2. The third kappa shape index (κ3) is 6.65. The number of carbonyl (C=O) groups excluding carboxylic acids is 2. The number of hydrogen-bond donors (Lipinski definition) is 2. The van der Waals surface area contributed by atoms with Crippen molar-refractivity contribution < 1.29 is 38.4 Å². The van der Waals surface area contributed by atoms with Gasteiger partial charge in [0.2, 0.25) is 0 Å². The SMILES string of the molecule is C[C@H]1COC[C@@]2(Cl)O[C@H]2C[C@@H](C(F)=Cc2ccccn2)OC(=O)C[C@H](O)C(C)(C)C(=O)[C@H](C)[C@H]1O. The zero-order chi connectivity index (χ0) is 26.0. The highest BCUT2D eigenvalue weighted by Gasteiger charge is 2.57. The van der Waals surface area contributed by atoms with E-state index in [0.29, 0.717) is 5.69 Å². The lowest BCUT2D eigenvalue weighted by molar-refractivity contribution is -0.155.